The molecule has 8 aromatic rings. The lowest BCUT2D eigenvalue weighted by molar-refractivity contribution is 0.305. The molecule has 0 fully saturated rings. The fraction of sp³-hybridized carbons (Fsp3) is 0.0435. The van der Waals surface area contributed by atoms with E-state index in [0.717, 1.165) is 44.8 Å². The molecule has 0 N–H and O–H groups in total. The second-order valence-electron chi connectivity index (χ2n) is 12.6. The summed E-state index contributed by atoms with van der Waals surface area (Å²) >= 11 is 0. The molecule has 52 heavy (non-hydrogen) atoms. The van der Waals surface area contributed by atoms with Gasteiger partial charge in [-0.1, -0.05) is 109 Å². The van der Waals surface area contributed by atoms with Crippen molar-refractivity contribution in [3.05, 3.63) is 192 Å². The number of hydrogen-bond donors (Lipinski definition) is 0. The van der Waals surface area contributed by atoms with E-state index >= 15 is 0 Å². The summed E-state index contributed by atoms with van der Waals surface area (Å²) in [5.74, 6) is -2.19. The third kappa shape index (κ3) is 6.59. The molecule has 0 heterocycles. The van der Waals surface area contributed by atoms with Gasteiger partial charge in [-0.15, -0.1) is 0 Å². The van der Waals surface area contributed by atoms with E-state index in [0.29, 0.717) is 33.8 Å². The van der Waals surface area contributed by atoms with E-state index in [4.69, 9.17) is 9.47 Å². The van der Waals surface area contributed by atoms with E-state index in [-0.39, 0.29) is 24.3 Å². The molecule has 0 aliphatic carbocycles. The molecular weight excluding hydrogens is 660 g/mol. The van der Waals surface area contributed by atoms with Gasteiger partial charge in [0.25, 0.3) is 0 Å². The first-order chi connectivity index (χ1) is 25.4. The maximum absolute atomic E-state index is 14.9. The molecule has 0 aromatic heterocycles. The van der Waals surface area contributed by atoms with Crippen molar-refractivity contribution in [2.75, 3.05) is 0 Å². The molecule has 0 unspecified atom stereocenters. The Morgan fingerprint density at radius 2 is 0.712 bits per heavy atom. The number of fused-ring (bicyclic) bond motifs is 2. The average molecular weight is 691 g/mol. The Balaban J connectivity index is 1.51. The topological polar surface area (TPSA) is 18.5 Å². The van der Waals surface area contributed by atoms with Crippen LogP contribution in [-0.4, -0.2) is 0 Å². The Hall–Kier alpha value is -6.40. The van der Waals surface area contributed by atoms with Crippen LogP contribution in [0.25, 0.3) is 54.9 Å². The quantitative estimate of drug-likeness (QED) is 0.140. The summed E-state index contributed by atoms with van der Waals surface area (Å²) in [6, 6.07) is 45.1. The lowest BCUT2D eigenvalue weighted by atomic mass is 9.86. The fourth-order valence-corrected chi connectivity index (χ4v) is 6.76. The molecule has 8 rings (SSSR count). The Kier molecular flexibility index (Phi) is 8.88. The molecule has 0 atom stereocenters. The predicted molar refractivity (Wildman–Crippen MR) is 199 cm³/mol. The minimum atomic E-state index is -0.730. The Morgan fingerprint density at radius 1 is 0.365 bits per heavy atom. The van der Waals surface area contributed by atoms with Crippen LogP contribution in [0.3, 0.4) is 0 Å². The van der Waals surface area contributed by atoms with Crippen molar-refractivity contribution in [3.63, 3.8) is 0 Å². The highest BCUT2D eigenvalue weighted by Crippen LogP contribution is 2.53. The highest BCUT2D eigenvalue weighted by atomic mass is 19.1. The van der Waals surface area contributed by atoms with Gasteiger partial charge in [0.2, 0.25) is 0 Å². The summed E-state index contributed by atoms with van der Waals surface area (Å²) in [4.78, 5) is 0. The lowest BCUT2D eigenvalue weighted by Gasteiger charge is -2.24. The van der Waals surface area contributed by atoms with Gasteiger partial charge in [-0.05, 0) is 80.2 Å². The highest BCUT2D eigenvalue weighted by molar-refractivity contribution is 6.14. The molecule has 0 radical (unpaired) electrons. The van der Waals surface area contributed by atoms with E-state index in [1.807, 2.05) is 121 Å². The SMILES string of the molecule is Fc1cc(F)cc(-c2cc3ccccc3c(-c3c(OCc4ccccc4)c(-c4cc(F)cc(F)c4)cc4ccccc34)c2OCc2ccccc2)c1. The maximum atomic E-state index is 14.9. The van der Waals surface area contributed by atoms with Gasteiger partial charge >= 0.3 is 0 Å². The van der Waals surface area contributed by atoms with Crippen LogP contribution in [0.2, 0.25) is 0 Å². The summed E-state index contributed by atoms with van der Waals surface area (Å²) < 4.78 is 73.2. The van der Waals surface area contributed by atoms with Crippen molar-refractivity contribution < 1.29 is 27.0 Å². The molecule has 0 spiro atoms. The predicted octanol–water partition coefficient (Wildman–Crippen LogP) is 12.7. The molecule has 0 aliphatic heterocycles. The van der Waals surface area contributed by atoms with Crippen LogP contribution in [0, 0.1) is 23.3 Å². The lowest BCUT2D eigenvalue weighted by Crippen LogP contribution is -2.04. The summed E-state index contributed by atoms with van der Waals surface area (Å²) in [6.07, 6.45) is 0. The number of ether oxygens (including phenoxy) is 2. The van der Waals surface area contributed by atoms with E-state index in [2.05, 4.69) is 0 Å². The van der Waals surface area contributed by atoms with E-state index in [1.165, 1.54) is 24.3 Å². The molecule has 2 nitrogen and oxygen atoms in total. The standard InChI is InChI=1S/C46H30F4O2/c47-35-19-33(20-36(48)25-35)41-23-31-15-7-9-17-39(31)43(45(41)51-27-29-11-3-1-4-12-29)44-40-18-10-8-16-32(40)24-42(34-21-37(49)26-38(50)22-34)46(44)52-28-30-13-5-2-6-14-30/h1-26H,27-28H2. The van der Waals surface area contributed by atoms with Crippen molar-refractivity contribution in [3.8, 4) is 44.9 Å². The van der Waals surface area contributed by atoms with Crippen molar-refractivity contribution >= 4 is 21.5 Å². The molecule has 0 saturated heterocycles. The van der Waals surface area contributed by atoms with Gasteiger partial charge in [-0.25, -0.2) is 17.6 Å². The number of rotatable bonds is 9. The van der Waals surface area contributed by atoms with Gasteiger partial charge in [0, 0.05) is 34.4 Å². The molecule has 8 aromatic carbocycles. The molecular formula is C46H30F4O2. The van der Waals surface area contributed by atoms with Crippen molar-refractivity contribution in [2.45, 2.75) is 13.2 Å². The molecule has 254 valence electrons. The molecule has 0 aliphatic rings. The van der Waals surface area contributed by atoms with Gasteiger partial charge < -0.3 is 9.47 Å². The van der Waals surface area contributed by atoms with Crippen molar-refractivity contribution in [2.24, 2.45) is 0 Å². The first kappa shape index (κ1) is 32.8. The second kappa shape index (κ2) is 14.1. The zero-order valence-electron chi connectivity index (χ0n) is 27.8. The fourth-order valence-electron chi connectivity index (χ4n) is 6.76. The van der Waals surface area contributed by atoms with Gasteiger partial charge in [0.05, 0.1) is 0 Å². The smallest absolute Gasteiger partial charge is 0.136 e. The molecule has 6 heteroatoms. The zero-order chi connectivity index (χ0) is 35.6. The zero-order valence-corrected chi connectivity index (χ0v) is 27.8. The van der Waals surface area contributed by atoms with Gasteiger partial charge in [-0.2, -0.15) is 0 Å². The van der Waals surface area contributed by atoms with Gasteiger partial charge in [-0.3, -0.25) is 0 Å². The largest absolute Gasteiger partial charge is 0.488 e. The molecule has 0 bridgehead atoms. The van der Waals surface area contributed by atoms with Crippen LogP contribution in [0.5, 0.6) is 11.5 Å². The van der Waals surface area contributed by atoms with Crippen molar-refractivity contribution in [1.82, 2.24) is 0 Å². The van der Waals surface area contributed by atoms with Gasteiger partial charge in [0.15, 0.2) is 0 Å². The van der Waals surface area contributed by atoms with Crippen LogP contribution in [0.15, 0.2) is 158 Å². The number of hydrogen-bond acceptors (Lipinski definition) is 2. The first-order valence-electron chi connectivity index (χ1n) is 16.8. The summed E-state index contributed by atoms with van der Waals surface area (Å²) in [7, 11) is 0. The van der Waals surface area contributed by atoms with Crippen LogP contribution in [0.1, 0.15) is 11.1 Å². The van der Waals surface area contributed by atoms with E-state index in [1.54, 1.807) is 0 Å². The van der Waals surface area contributed by atoms with Crippen LogP contribution in [0.4, 0.5) is 17.6 Å². The Labute approximate surface area is 298 Å². The van der Waals surface area contributed by atoms with E-state index in [9.17, 15) is 17.6 Å². The Bertz CT molecular complexity index is 2350. The maximum Gasteiger partial charge on any atom is 0.136 e. The monoisotopic (exact) mass is 690 g/mol. The van der Waals surface area contributed by atoms with Gasteiger partial charge in [0.1, 0.15) is 48.0 Å². The van der Waals surface area contributed by atoms with Crippen LogP contribution in [-0.2, 0) is 13.2 Å². The highest BCUT2D eigenvalue weighted by Gasteiger charge is 2.26. The Morgan fingerprint density at radius 3 is 1.10 bits per heavy atom. The minimum absolute atomic E-state index is 0.143. The number of benzene rings is 8. The van der Waals surface area contributed by atoms with Crippen LogP contribution >= 0.6 is 0 Å². The molecule has 0 saturated carbocycles. The number of halogens is 4. The minimum Gasteiger partial charge on any atom is -0.488 e. The second-order valence-corrected chi connectivity index (χ2v) is 12.6. The summed E-state index contributed by atoms with van der Waals surface area (Å²) in [5.41, 5.74) is 4.46. The van der Waals surface area contributed by atoms with E-state index < -0.39 is 23.3 Å². The summed E-state index contributed by atoms with van der Waals surface area (Å²) in [6.45, 7) is 0.286. The van der Waals surface area contributed by atoms with Crippen molar-refractivity contribution in [1.29, 1.82) is 0 Å². The first-order valence-corrected chi connectivity index (χ1v) is 16.8. The van der Waals surface area contributed by atoms with Crippen LogP contribution < -0.4 is 9.47 Å². The average Bonchev–Trinajstić information content (AvgIpc) is 3.15. The third-order valence-electron chi connectivity index (χ3n) is 9.05. The normalized spacial score (nSPS) is 11.2. The molecule has 0 amide bonds. The third-order valence-corrected chi connectivity index (χ3v) is 9.05. The summed E-state index contributed by atoms with van der Waals surface area (Å²) in [5, 5.41) is 3.13.